The molecule has 2 aromatic rings. The average molecular weight is 494 g/mol. The van der Waals surface area contributed by atoms with Gasteiger partial charge in [0.1, 0.15) is 0 Å². The summed E-state index contributed by atoms with van der Waals surface area (Å²) in [5.74, 6) is 1.27. The van der Waals surface area contributed by atoms with E-state index in [4.69, 9.17) is 32.7 Å². The van der Waals surface area contributed by atoms with Crippen LogP contribution in [0.5, 0.6) is 11.5 Å². The van der Waals surface area contributed by atoms with Gasteiger partial charge in [-0.15, -0.1) is 0 Å². The van der Waals surface area contributed by atoms with E-state index in [1.807, 2.05) is 18.2 Å². The van der Waals surface area contributed by atoms with Crippen molar-refractivity contribution in [2.75, 3.05) is 45.7 Å². The lowest BCUT2D eigenvalue weighted by atomic mass is 9.96. The maximum absolute atomic E-state index is 12.6. The molecule has 1 heterocycles. The van der Waals surface area contributed by atoms with Crippen LogP contribution in [-0.2, 0) is 16.0 Å². The van der Waals surface area contributed by atoms with Crippen LogP contribution >= 0.6 is 23.2 Å². The molecular weight excluding hydrogens is 465 g/mol. The van der Waals surface area contributed by atoms with E-state index in [2.05, 4.69) is 15.5 Å². The molecule has 1 fully saturated rings. The summed E-state index contributed by atoms with van der Waals surface area (Å²) in [6, 6.07) is 10.7. The van der Waals surface area contributed by atoms with Crippen LogP contribution in [0.15, 0.2) is 36.4 Å². The van der Waals surface area contributed by atoms with E-state index in [1.165, 1.54) is 0 Å². The molecule has 0 radical (unpaired) electrons. The van der Waals surface area contributed by atoms with Gasteiger partial charge in [-0.1, -0.05) is 29.3 Å². The Kier molecular flexibility index (Phi) is 9.23. The van der Waals surface area contributed by atoms with E-state index < -0.39 is 0 Å². The van der Waals surface area contributed by atoms with Crippen LogP contribution in [-0.4, -0.2) is 57.1 Å². The number of carbonyl (C=O) groups is 2. The molecule has 2 N–H and O–H groups in total. The van der Waals surface area contributed by atoms with Crippen molar-refractivity contribution in [1.82, 2.24) is 10.2 Å². The Morgan fingerprint density at radius 2 is 1.73 bits per heavy atom. The summed E-state index contributed by atoms with van der Waals surface area (Å²) in [5.41, 5.74) is 1.67. The zero-order valence-corrected chi connectivity index (χ0v) is 20.3. The van der Waals surface area contributed by atoms with E-state index in [-0.39, 0.29) is 24.3 Å². The predicted octanol–water partition coefficient (Wildman–Crippen LogP) is 4.02. The second kappa shape index (κ2) is 12.1. The molecule has 2 amide bonds. The number of amides is 2. The molecular formula is C24H29Cl2N3O4. The Hall–Kier alpha value is -2.48. The van der Waals surface area contributed by atoms with Crippen LogP contribution in [0.2, 0.25) is 10.0 Å². The van der Waals surface area contributed by atoms with Gasteiger partial charge in [0.2, 0.25) is 11.8 Å². The van der Waals surface area contributed by atoms with Crippen molar-refractivity contribution in [2.45, 2.75) is 19.3 Å². The first-order chi connectivity index (χ1) is 15.9. The number of nitrogens with one attached hydrogen (secondary N) is 2. The van der Waals surface area contributed by atoms with Crippen molar-refractivity contribution >= 4 is 40.7 Å². The highest BCUT2D eigenvalue weighted by atomic mass is 35.5. The van der Waals surface area contributed by atoms with Gasteiger partial charge >= 0.3 is 0 Å². The molecule has 0 unspecified atom stereocenters. The van der Waals surface area contributed by atoms with Gasteiger partial charge in [-0.05, 0) is 68.2 Å². The van der Waals surface area contributed by atoms with Crippen LogP contribution in [0.4, 0.5) is 5.69 Å². The van der Waals surface area contributed by atoms with E-state index in [0.29, 0.717) is 53.3 Å². The third-order valence-corrected chi connectivity index (χ3v) is 6.43. The molecule has 3 rings (SSSR count). The molecule has 0 atom stereocenters. The first kappa shape index (κ1) is 25.1. The SMILES string of the molecule is COc1ccc(CCNC(=O)C2CCN(CC(=O)Nc3ccc(Cl)c(Cl)c3)CC2)cc1OC. The lowest BCUT2D eigenvalue weighted by molar-refractivity contribution is -0.126. The summed E-state index contributed by atoms with van der Waals surface area (Å²) < 4.78 is 10.6. The molecule has 33 heavy (non-hydrogen) atoms. The van der Waals surface area contributed by atoms with Crippen molar-refractivity contribution in [3.05, 3.63) is 52.0 Å². The molecule has 0 bridgehead atoms. The lowest BCUT2D eigenvalue weighted by Crippen LogP contribution is -2.43. The molecule has 7 nitrogen and oxygen atoms in total. The Morgan fingerprint density at radius 3 is 2.39 bits per heavy atom. The second-order valence-electron chi connectivity index (χ2n) is 7.96. The van der Waals surface area contributed by atoms with Crippen LogP contribution in [0, 0.1) is 5.92 Å². The fourth-order valence-electron chi connectivity index (χ4n) is 3.84. The number of hydrogen-bond acceptors (Lipinski definition) is 5. The smallest absolute Gasteiger partial charge is 0.238 e. The number of rotatable bonds is 9. The summed E-state index contributed by atoms with van der Waals surface area (Å²) in [7, 11) is 3.21. The highest BCUT2D eigenvalue weighted by molar-refractivity contribution is 6.42. The summed E-state index contributed by atoms with van der Waals surface area (Å²) in [6.45, 7) is 2.22. The summed E-state index contributed by atoms with van der Waals surface area (Å²) >= 11 is 11.9. The molecule has 2 aromatic carbocycles. The second-order valence-corrected chi connectivity index (χ2v) is 8.77. The standard InChI is InChI=1S/C24H29Cl2N3O4/c1-32-21-6-3-16(13-22(21)33-2)7-10-27-24(31)17-8-11-29(12-9-17)15-23(30)28-18-4-5-19(25)20(26)14-18/h3-6,13-14,17H,7-12,15H2,1-2H3,(H,27,31)(H,28,30). The van der Waals surface area contributed by atoms with E-state index in [0.717, 1.165) is 18.4 Å². The minimum Gasteiger partial charge on any atom is -0.493 e. The lowest BCUT2D eigenvalue weighted by Gasteiger charge is -2.30. The van der Waals surface area contributed by atoms with Gasteiger partial charge in [-0.25, -0.2) is 0 Å². The third-order valence-electron chi connectivity index (χ3n) is 5.69. The minimum atomic E-state index is -0.119. The molecule has 0 spiro atoms. The number of benzene rings is 2. The van der Waals surface area contributed by atoms with Crippen LogP contribution < -0.4 is 20.1 Å². The number of methoxy groups -OCH3 is 2. The first-order valence-electron chi connectivity index (χ1n) is 10.9. The molecule has 0 aromatic heterocycles. The average Bonchev–Trinajstić information content (AvgIpc) is 2.81. The molecule has 1 saturated heterocycles. The summed E-state index contributed by atoms with van der Waals surface area (Å²) in [4.78, 5) is 26.9. The van der Waals surface area contributed by atoms with Crippen LogP contribution in [0.3, 0.4) is 0 Å². The van der Waals surface area contributed by atoms with E-state index in [9.17, 15) is 9.59 Å². The molecule has 0 aliphatic carbocycles. The summed E-state index contributed by atoms with van der Waals surface area (Å²) in [5, 5.41) is 6.70. The fourth-order valence-corrected chi connectivity index (χ4v) is 4.14. The quantitative estimate of drug-likeness (QED) is 0.551. The molecule has 1 aliphatic heterocycles. The number of carbonyl (C=O) groups excluding carboxylic acids is 2. The van der Waals surface area contributed by atoms with Gasteiger partial charge < -0.3 is 20.1 Å². The van der Waals surface area contributed by atoms with Crippen molar-refractivity contribution < 1.29 is 19.1 Å². The van der Waals surface area contributed by atoms with Crippen molar-refractivity contribution in [1.29, 1.82) is 0 Å². The Bertz CT molecular complexity index is 978. The van der Waals surface area contributed by atoms with Gasteiger partial charge in [0, 0.05) is 18.2 Å². The van der Waals surface area contributed by atoms with Crippen molar-refractivity contribution in [3.8, 4) is 11.5 Å². The van der Waals surface area contributed by atoms with Crippen molar-refractivity contribution in [2.24, 2.45) is 5.92 Å². The predicted molar refractivity (Wildman–Crippen MR) is 131 cm³/mol. The Labute approximate surface area is 204 Å². The fraction of sp³-hybridized carbons (Fsp3) is 0.417. The number of ether oxygens (including phenoxy) is 2. The zero-order valence-electron chi connectivity index (χ0n) is 18.8. The molecule has 0 saturated carbocycles. The monoisotopic (exact) mass is 493 g/mol. The zero-order chi connectivity index (χ0) is 23.8. The van der Waals surface area contributed by atoms with Gasteiger partial charge in [-0.2, -0.15) is 0 Å². The van der Waals surface area contributed by atoms with Gasteiger partial charge in [0.05, 0.1) is 30.8 Å². The minimum absolute atomic E-state index is 0.0372. The Morgan fingerprint density at radius 1 is 1.00 bits per heavy atom. The Balaban J connectivity index is 1.38. The first-order valence-corrected chi connectivity index (χ1v) is 11.6. The van der Waals surface area contributed by atoms with Crippen molar-refractivity contribution in [3.63, 3.8) is 0 Å². The third kappa shape index (κ3) is 7.25. The number of halogens is 2. The normalized spacial score (nSPS) is 14.5. The van der Waals surface area contributed by atoms with Crippen LogP contribution in [0.1, 0.15) is 18.4 Å². The highest BCUT2D eigenvalue weighted by Crippen LogP contribution is 2.28. The topological polar surface area (TPSA) is 79.9 Å². The maximum Gasteiger partial charge on any atom is 0.238 e. The van der Waals surface area contributed by atoms with E-state index in [1.54, 1.807) is 32.4 Å². The van der Waals surface area contributed by atoms with Gasteiger partial charge in [0.15, 0.2) is 11.5 Å². The number of hydrogen-bond donors (Lipinski definition) is 2. The number of nitrogens with zero attached hydrogens (tertiary/aromatic N) is 1. The maximum atomic E-state index is 12.6. The van der Waals surface area contributed by atoms with Crippen LogP contribution in [0.25, 0.3) is 0 Å². The number of anilines is 1. The number of piperidine rings is 1. The highest BCUT2D eigenvalue weighted by Gasteiger charge is 2.25. The largest absolute Gasteiger partial charge is 0.493 e. The summed E-state index contributed by atoms with van der Waals surface area (Å²) in [6.07, 6.45) is 2.16. The van der Waals surface area contributed by atoms with Gasteiger partial charge in [-0.3, -0.25) is 14.5 Å². The molecule has 9 heteroatoms. The molecule has 178 valence electrons. The van der Waals surface area contributed by atoms with E-state index >= 15 is 0 Å². The molecule has 1 aliphatic rings. The number of likely N-dealkylation sites (tertiary alicyclic amines) is 1. The van der Waals surface area contributed by atoms with Gasteiger partial charge in [0.25, 0.3) is 0 Å².